The summed E-state index contributed by atoms with van der Waals surface area (Å²) in [6, 6.07) is -0.896. The Morgan fingerprint density at radius 2 is 1.81 bits per heavy atom. The van der Waals surface area contributed by atoms with Crippen molar-refractivity contribution in [3.8, 4) is 0 Å². The number of hydrogen-bond acceptors (Lipinski definition) is 4. The number of hydrogen-bond donors (Lipinski definition) is 1. The number of carbonyl (C=O) groups is 2. The highest BCUT2D eigenvalue weighted by Gasteiger charge is 2.50. The largest absolute Gasteiger partial charge is 0.480 e. The average Bonchev–Trinajstić information content (AvgIpc) is 2.64. The van der Waals surface area contributed by atoms with Gasteiger partial charge in [0.25, 0.3) is 0 Å². The Bertz CT molecular complexity index is 418. The van der Waals surface area contributed by atoms with Gasteiger partial charge in [-0.15, -0.1) is 0 Å². The molecule has 0 aromatic heterocycles. The molecule has 0 bridgehead atoms. The van der Waals surface area contributed by atoms with Crippen molar-refractivity contribution >= 4 is 20.4 Å². The van der Waals surface area contributed by atoms with Crippen molar-refractivity contribution in [3.05, 3.63) is 0 Å². The highest BCUT2D eigenvalue weighted by Crippen LogP contribution is 2.40. The molecule has 6 nitrogen and oxygen atoms in total. The molecule has 1 fully saturated rings. The minimum atomic E-state index is -2.02. The molecule has 0 aromatic rings. The molecule has 0 aliphatic carbocycles. The van der Waals surface area contributed by atoms with Crippen LogP contribution < -0.4 is 0 Å². The predicted octanol–water partition coefficient (Wildman–Crippen LogP) is 2.55. The van der Waals surface area contributed by atoms with Gasteiger partial charge in [-0.1, -0.05) is 27.7 Å². The monoisotopic (exact) mass is 317 g/mol. The van der Waals surface area contributed by atoms with Gasteiger partial charge < -0.3 is 14.3 Å². The fourth-order valence-electron chi connectivity index (χ4n) is 2.32. The zero-order valence-electron chi connectivity index (χ0n) is 14.0. The molecule has 1 rings (SSSR count). The van der Waals surface area contributed by atoms with E-state index in [1.54, 1.807) is 0 Å². The molecule has 0 spiro atoms. The zero-order chi connectivity index (χ0) is 16.6. The number of likely N-dealkylation sites (tertiary alicyclic amines) is 1. The molecule has 0 saturated carbocycles. The van der Waals surface area contributed by atoms with Gasteiger partial charge in [-0.05, 0) is 18.1 Å². The molecule has 122 valence electrons. The SMILES string of the molecule is COC(=O)N1C[C@@H](O[Si](C)(C)C(C)(C)C)[C@H](C)[C@H]1C(=O)O. The summed E-state index contributed by atoms with van der Waals surface area (Å²) in [5.74, 6) is -1.29. The standard InChI is InChI=1S/C14H27NO5Si/c1-9-10(20-21(6,7)14(2,3)4)8-15(13(18)19-5)11(9)12(16)17/h9-11H,8H2,1-7H3,(H,16,17)/t9-,10+,11-/m0/s1. The van der Waals surface area contributed by atoms with Crippen LogP contribution in [0.2, 0.25) is 18.1 Å². The minimum Gasteiger partial charge on any atom is -0.480 e. The second-order valence-electron chi connectivity index (χ2n) is 7.18. The Balaban J connectivity index is 2.97. The number of nitrogens with zero attached hydrogens (tertiary/aromatic N) is 1. The van der Waals surface area contributed by atoms with Gasteiger partial charge in [0.1, 0.15) is 6.04 Å². The summed E-state index contributed by atoms with van der Waals surface area (Å²) in [5, 5.41) is 9.41. The molecule has 0 radical (unpaired) electrons. The summed E-state index contributed by atoms with van der Waals surface area (Å²) in [6.07, 6.45) is -0.887. The average molecular weight is 317 g/mol. The van der Waals surface area contributed by atoms with Crippen molar-refractivity contribution < 1.29 is 23.9 Å². The maximum absolute atomic E-state index is 11.8. The van der Waals surface area contributed by atoms with E-state index in [2.05, 4.69) is 38.6 Å². The van der Waals surface area contributed by atoms with Crippen LogP contribution in [-0.4, -0.2) is 56.2 Å². The van der Waals surface area contributed by atoms with Crippen molar-refractivity contribution in [2.75, 3.05) is 13.7 Å². The Labute approximate surface area is 127 Å². The highest BCUT2D eigenvalue weighted by molar-refractivity contribution is 6.74. The Hall–Kier alpha value is -1.08. The van der Waals surface area contributed by atoms with Gasteiger partial charge in [-0.2, -0.15) is 0 Å². The van der Waals surface area contributed by atoms with Gasteiger partial charge in [0.2, 0.25) is 0 Å². The van der Waals surface area contributed by atoms with Crippen LogP contribution in [0.5, 0.6) is 0 Å². The van der Waals surface area contributed by atoms with Crippen molar-refractivity contribution in [3.63, 3.8) is 0 Å². The van der Waals surface area contributed by atoms with Gasteiger partial charge in [0, 0.05) is 5.92 Å². The molecule has 0 aromatic carbocycles. The van der Waals surface area contributed by atoms with Crippen LogP contribution in [0.1, 0.15) is 27.7 Å². The van der Waals surface area contributed by atoms with Crippen LogP contribution in [0.15, 0.2) is 0 Å². The fourth-order valence-corrected chi connectivity index (χ4v) is 3.72. The molecule has 21 heavy (non-hydrogen) atoms. The van der Waals surface area contributed by atoms with Gasteiger partial charge in [-0.25, -0.2) is 9.59 Å². The summed E-state index contributed by atoms with van der Waals surface area (Å²) in [7, 11) is -0.765. The van der Waals surface area contributed by atoms with E-state index in [0.717, 1.165) is 0 Å². The topological polar surface area (TPSA) is 76.1 Å². The van der Waals surface area contributed by atoms with Crippen LogP contribution in [0, 0.1) is 5.92 Å². The van der Waals surface area contributed by atoms with Gasteiger partial charge in [-0.3, -0.25) is 4.90 Å². The van der Waals surface area contributed by atoms with Crippen molar-refractivity contribution in [2.45, 2.75) is 58.0 Å². The van der Waals surface area contributed by atoms with E-state index >= 15 is 0 Å². The van der Waals surface area contributed by atoms with E-state index < -0.39 is 26.4 Å². The van der Waals surface area contributed by atoms with Crippen LogP contribution in [0.4, 0.5) is 4.79 Å². The minimum absolute atomic E-state index is 0.0319. The third kappa shape index (κ3) is 3.57. The number of ether oxygens (including phenoxy) is 1. The first kappa shape index (κ1) is 18.0. The van der Waals surface area contributed by atoms with Crippen molar-refractivity contribution in [1.82, 2.24) is 4.90 Å². The molecular formula is C14H27NO5Si. The number of amides is 1. The Morgan fingerprint density at radius 3 is 2.19 bits per heavy atom. The molecule has 3 atom stereocenters. The number of carboxylic acid groups (broad SMARTS) is 1. The maximum Gasteiger partial charge on any atom is 0.410 e. The van der Waals surface area contributed by atoms with E-state index in [4.69, 9.17) is 4.43 Å². The summed E-state index contributed by atoms with van der Waals surface area (Å²) in [4.78, 5) is 24.5. The molecule has 7 heteroatoms. The molecule has 1 aliphatic rings. The zero-order valence-corrected chi connectivity index (χ0v) is 15.0. The molecule has 1 saturated heterocycles. The molecule has 1 aliphatic heterocycles. The number of carboxylic acids is 1. The second-order valence-corrected chi connectivity index (χ2v) is 11.9. The van der Waals surface area contributed by atoms with E-state index in [1.807, 2.05) is 6.92 Å². The highest BCUT2D eigenvalue weighted by atomic mass is 28.4. The summed E-state index contributed by atoms with van der Waals surface area (Å²) < 4.78 is 11.0. The number of rotatable bonds is 3. The van der Waals surface area contributed by atoms with E-state index in [-0.39, 0.29) is 23.6 Å². The first-order valence-electron chi connectivity index (χ1n) is 7.17. The van der Waals surface area contributed by atoms with Crippen molar-refractivity contribution in [2.24, 2.45) is 5.92 Å². The van der Waals surface area contributed by atoms with Gasteiger partial charge in [0.05, 0.1) is 19.8 Å². The predicted molar refractivity (Wildman–Crippen MR) is 81.8 cm³/mol. The third-order valence-electron chi connectivity index (χ3n) is 4.71. The van der Waals surface area contributed by atoms with Crippen LogP contribution >= 0.6 is 0 Å². The third-order valence-corrected chi connectivity index (χ3v) is 9.22. The molecule has 0 unspecified atom stereocenters. The number of methoxy groups -OCH3 is 1. The molecular weight excluding hydrogens is 290 g/mol. The Kier molecular flexibility index (Phi) is 5.10. The first-order valence-corrected chi connectivity index (χ1v) is 10.1. The first-order chi connectivity index (χ1) is 9.42. The van der Waals surface area contributed by atoms with Crippen molar-refractivity contribution in [1.29, 1.82) is 0 Å². The summed E-state index contributed by atoms with van der Waals surface area (Å²) >= 11 is 0. The van der Waals surface area contributed by atoms with E-state index in [1.165, 1.54) is 12.0 Å². The lowest BCUT2D eigenvalue weighted by atomic mass is 10.0. The molecule has 1 amide bonds. The lowest BCUT2D eigenvalue weighted by molar-refractivity contribution is -0.143. The lowest BCUT2D eigenvalue weighted by Crippen LogP contribution is -2.46. The summed E-state index contributed by atoms with van der Waals surface area (Å²) in [6.45, 7) is 12.7. The Morgan fingerprint density at radius 1 is 1.29 bits per heavy atom. The molecule has 1 heterocycles. The van der Waals surface area contributed by atoms with Gasteiger partial charge in [0.15, 0.2) is 8.32 Å². The smallest absolute Gasteiger partial charge is 0.410 e. The normalized spacial score (nSPS) is 26.8. The maximum atomic E-state index is 11.8. The lowest BCUT2D eigenvalue weighted by Gasteiger charge is -2.39. The van der Waals surface area contributed by atoms with E-state index in [9.17, 15) is 14.7 Å². The molecule has 1 N–H and O–H groups in total. The quantitative estimate of drug-likeness (QED) is 0.810. The van der Waals surface area contributed by atoms with Gasteiger partial charge >= 0.3 is 12.1 Å². The van der Waals surface area contributed by atoms with E-state index in [0.29, 0.717) is 0 Å². The number of carbonyl (C=O) groups excluding carboxylic acids is 1. The second kappa shape index (κ2) is 5.96. The van der Waals surface area contributed by atoms with Crippen LogP contribution in [-0.2, 0) is 14.0 Å². The van der Waals surface area contributed by atoms with Crippen LogP contribution in [0.3, 0.4) is 0 Å². The summed E-state index contributed by atoms with van der Waals surface area (Å²) in [5.41, 5.74) is 0. The van der Waals surface area contributed by atoms with Crippen LogP contribution in [0.25, 0.3) is 0 Å². The number of aliphatic carboxylic acids is 1. The fraction of sp³-hybridized carbons (Fsp3) is 0.857.